The number of rotatable bonds is 5. The Morgan fingerprint density at radius 2 is 1.75 bits per heavy atom. The first kappa shape index (κ1) is 15.2. The lowest BCUT2D eigenvalue weighted by atomic mass is 9.94. The average molecular weight is 231 g/mol. The Hall–Kier alpha value is -0.770. The van der Waals surface area contributed by atoms with Crippen molar-refractivity contribution in [3.05, 3.63) is 0 Å². The molecule has 0 aliphatic carbocycles. The van der Waals surface area contributed by atoms with Crippen LogP contribution in [-0.2, 0) is 0 Å². The van der Waals surface area contributed by atoms with Crippen molar-refractivity contribution in [2.45, 2.75) is 59.1 Å². The van der Waals surface area contributed by atoms with Crippen LogP contribution in [0.4, 0.5) is 4.79 Å². The zero-order chi connectivity index (χ0) is 12.9. The van der Waals surface area contributed by atoms with Crippen molar-refractivity contribution in [2.24, 2.45) is 5.92 Å². The highest BCUT2D eigenvalue weighted by Crippen LogP contribution is 2.20. The second kappa shape index (κ2) is 6.09. The fraction of sp³-hybridized carbons (Fsp3) is 0.917. The van der Waals surface area contributed by atoms with Crippen molar-refractivity contribution in [1.82, 2.24) is 4.90 Å². The van der Waals surface area contributed by atoms with Crippen LogP contribution >= 0.6 is 0 Å². The molecule has 0 radical (unpaired) electrons. The predicted molar refractivity (Wildman–Crippen MR) is 64.6 cm³/mol. The van der Waals surface area contributed by atoms with E-state index in [2.05, 4.69) is 0 Å². The van der Waals surface area contributed by atoms with E-state index in [1.165, 1.54) is 4.90 Å². The van der Waals surface area contributed by atoms with Crippen LogP contribution in [0, 0.1) is 5.92 Å². The average Bonchev–Trinajstić information content (AvgIpc) is 2.15. The molecule has 0 aliphatic rings. The number of carbonyl (C=O) groups is 1. The van der Waals surface area contributed by atoms with Crippen molar-refractivity contribution in [2.75, 3.05) is 6.54 Å². The summed E-state index contributed by atoms with van der Waals surface area (Å²) in [5.74, 6) is 0.0142. The highest BCUT2D eigenvalue weighted by atomic mass is 16.4. The Balaban J connectivity index is 4.67. The molecule has 2 atom stereocenters. The lowest BCUT2D eigenvalue weighted by Crippen LogP contribution is -2.48. The molecule has 0 aliphatic heterocycles. The zero-order valence-corrected chi connectivity index (χ0v) is 11.0. The van der Waals surface area contributed by atoms with Crippen LogP contribution < -0.4 is 0 Å². The number of carboxylic acid groups (broad SMARTS) is 1. The summed E-state index contributed by atoms with van der Waals surface area (Å²) >= 11 is 0. The van der Waals surface area contributed by atoms with Gasteiger partial charge in [0.1, 0.15) is 0 Å². The van der Waals surface area contributed by atoms with E-state index >= 15 is 0 Å². The fourth-order valence-electron chi connectivity index (χ4n) is 1.73. The van der Waals surface area contributed by atoms with E-state index in [0.29, 0.717) is 13.0 Å². The molecule has 0 aromatic heterocycles. The minimum atomic E-state index is -0.922. The van der Waals surface area contributed by atoms with Gasteiger partial charge in [-0.2, -0.15) is 0 Å². The molecular weight excluding hydrogens is 206 g/mol. The van der Waals surface area contributed by atoms with E-state index in [-0.39, 0.29) is 5.92 Å². The lowest BCUT2D eigenvalue weighted by molar-refractivity contribution is 0.0441. The Bertz CT molecular complexity index is 223. The van der Waals surface area contributed by atoms with Gasteiger partial charge in [-0.05, 0) is 33.6 Å². The van der Waals surface area contributed by atoms with Gasteiger partial charge in [0.05, 0.1) is 6.10 Å². The smallest absolute Gasteiger partial charge is 0.407 e. The van der Waals surface area contributed by atoms with Gasteiger partial charge in [-0.3, -0.25) is 0 Å². The number of aliphatic hydroxyl groups excluding tert-OH is 1. The summed E-state index contributed by atoms with van der Waals surface area (Å²) in [6.07, 6.45) is 0.105. The first-order valence-electron chi connectivity index (χ1n) is 5.92. The number of hydrogen-bond donors (Lipinski definition) is 2. The maximum atomic E-state index is 11.2. The van der Waals surface area contributed by atoms with Crippen LogP contribution in [0.25, 0.3) is 0 Å². The summed E-state index contributed by atoms with van der Waals surface area (Å²) in [7, 11) is 0. The van der Waals surface area contributed by atoms with Crippen LogP contribution in [0.3, 0.4) is 0 Å². The van der Waals surface area contributed by atoms with E-state index in [4.69, 9.17) is 5.11 Å². The molecule has 0 saturated heterocycles. The number of nitrogens with zero attached hydrogens (tertiary/aromatic N) is 1. The molecule has 0 rings (SSSR count). The van der Waals surface area contributed by atoms with Gasteiger partial charge in [-0.15, -0.1) is 0 Å². The van der Waals surface area contributed by atoms with E-state index in [1.807, 2.05) is 34.6 Å². The van der Waals surface area contributed by atoms with Crippen LogP contribution in [-0.4, -0.2) is 39.4 Å². The molecule has 0 heterocycles. The molecule has 4 heteroatoms. The summed E-state index contributed by atoms with van der Waals surface area (Å²) in [6, 6.07) is 0. The maximum absolute atomic E-state index is 11.2. The van der Waals surface area contributed by atoms with Gasteiger partial charge >= 0.3 is 6.09 Å². The Labute approximate surface area is 98.3 Å². The van der Waals surface area contributed by atoms with E-state index < -0.39 is 17.7 Å². The molecule has 2 N–H and O–H groups in total. The van der Waals surface area contributed by atoms with Gasteiger partial charge in [0.2, 0.25) is 0 Å². The summed E-state index contributed by atoms with van der Waals surface area (Å²) in [6.45, 7) is 9.89. The van der Waals surface area contributed by atoms with Crippen molar-refractivity contribution >= 4 is 6.09 Å². The molecule has 0 aromatic carbocycles. The molecule has 0 saturated carbocycles. The highest BCUT2D eigenvalue weighted by molar-refractivity contribution is 5.66. The Kier molecular flexibility index (Phi) is 5.79. The van der Waals surface area contributed by atoms with Crippen molar-refractivity contribution in [3.63, 3.8) is 0 Å². The van der Waals surface area contributed by atoms with E-state index in [0.717, 1.165) is 6.42 Å². The quantitative estimate of drug-likeness (QED) is 0.764. The standard InChI is InChI=1S/C12H25NO3/c1-6-9(10(14)7-2)8-13(11(15)16)12(3,4)5/h9-10,14H,6-8H2,1-5H3,(H,15,16)/t9-,10?/m0/s1. The van der Waals surface area contributed by atoms with Crippen molar-refractivity contribution < 1.29 is 15.0 Å². The lowest BCUT2D eigenvalue weighted by Gasteiger charge is -2.36. The maximum Gasteiger partial charge on any atom is 0.407 e. The third-order valence-corrected chi connectivity index (χ3v) is 2.94. The molecule has 4 nitrogen and oxygen atoms in total. The second-order valence-electron chi connectivity index (χ2n) is 5.21. The van der Waals surface area contributed by atoms with Crippen LogP contribution in [0.5, 0.6) is 0 Å². The van der Waals surface area contributed by atoms with Gasteiger partial charge in [-0.1, -0.05) is 13.8 Å². The molecule has 0 spiro atoms. The Morgan fingerprint density at radius 1 is 1.25 bits per heavy atom. The molecule has 0 bridgehead atoms. The minimum Gasteiger partial charge on any atom is -0.465 e. The van der Waals surface area contributed by atoms with Crippen molar-refractivity contribution in [1.29, 1.82) is 0 Å². The molecule has 0 aromatic rings. The molecule has 1 amide bonds. The van der Waals surface area contributed by atoms with Crippen LogP contribution in [0.15, 0.2) is 0 Å². The first-order valence-corrected chi connectivity index (χ1v) is 5.92. The minimum absolute atomic E-state index is 0.0142. The van der Waals surface area contributed by atoms with E-state index in [9.17, 15) is 9.90 Å². The summed E-state index contributed by atoms with van der Waals surface area (Å²) in [5, 5.41) is 18.9. The monoisotopic (exact) mass is 231 g/mol. The second-order valence-corrected chi connectivity index (χ2v) is 5.21. The number of hydrogen-bond acceptors (Lipinski definition) is 2. The van der Waals surface area contributed by atoms with Crippen LogP contribution in [0.2, 0.25) is 0 Å². The first-order chi connectivity index (χ1) is 7.23. The van der Waals surface area contributed by atoms with Crippen LogP contribution in [0.1, 0.15) is 47.5 Å². The van der Waals surface area contributed by atoms with Gasteiger partial charge in [0.25, 0.3) is 0 Å². The zero-order valence-electron chi connectivity index (χ0n) is 11.0. The molecule has 0 fully saturated rings. The van der Waals surface area contributed by atoms with Gasteiger partial charge in [-0.25, -0.2) is 4.79 Å². The number of amides is 1. The molecular formula is C12H25NO3. The fourth-order valence-corrected chi connectivity index (χ4v) is 1.73. The molecule has 1 unspecified atom stereocenters. The largest absolute Gasteiger partial charge is 0.465 e. The summed E-state index contributed by atoms with van der Waals surface area (Å²) in [4.78, 5) is 12.6. The topological polar surface area (TPSA) is 60.8 Å². The molecule has 96 valence electrons. The Morgan fingerprint density at radius 3 is 2.00 bits per heavy atom. The normalized spacial score (nSPS) is 15.6. The summed E-state index contributed by atoms with van der Waals surface area (Å²) < 4.78 is 0. The third-order valence-electron chi connectivity index (χ3n) is 2.94. The summed E-state index contributed by atoms with van der Waals surface area (Å²) in [5.41, 5.74) is -0.424. The van der Waals surface area contributed by atoms with Gasteiger partial charge in [0.15, 0.2) is 0 Å². The predicted octanol–water partition coefficient (Wildman–Crippen LogP) is 2.56. The third kappa shape index (κ3) is 4.39. The number of aliphatic hydroxyl groups is 1. The van der Waals surface area contributed by atoms with Crippen molar-refractivity contribution in [3.8, 4) is 0 Å². The molecule has 16 heavy (non-hydrogen) atoms. The highest BCUT2D eigenvalue weighted by Gasteiger charge is 2.30. The van der Waals surface area contributed by atoms with Gasteiger partial charge < -0.3 is 15.1 Å². The van der Waals surface area contributed by atoms with Gasteiger partial charge in [0, 0.05) is 18.0 Å². The SMILES string of the molecule is CCC(O)[C@@H](CC)CN(C(=O)O)C(C)(C)C. The van der Waals surface area contributed by atoms with E-state index in [1.54, 1.807) is 0 Å².